The SMILES string of the molecule is CC1C/C=C/[C@H](OC(=O)Oc2ccc([N+](=O)[O-])cc2)CC[C@@]1(O)C(=O)O. The van der Waals surface area contributed by atoms with Crippen LogP contribution in [-0.2, 0) is 9.53 Å². The van der Waals surface area contributed by atoms with Crippen LogP contribution in [0.1, 0.15) is 26.2 Å². The van der Waals surface area contributed by atoms with E-state index in [1.807, 2.05) is 0 Å². The van der Waals surface area contributed by atoms with Gasteiger partial charge in [-0.15, -0.1) is 0 Å². The number of hydrogen-bond acceptors (Lipinski definition) is 7. The summed E-state index contributed by atoms with van der Waals surface area (Å²) in [6.45, 7) is 1.64. The zero-order chi connectivity index (χ0) is 19.3. The van der Waals surface area contributed by atoms with Gasteiger partial charge in [0, 0.05) is 12.1 Å². The van der Waals surface area contributed by atoms with E-state index in [0.29, 0.717) is 6.42 Å². The monoisotopic (exact) mass is 365 g/mol. The van der Waals surface area contributed by atoms with Crippen LogP contribution in [0.2, 0.25) is 0 Å². The van der Waals surface area contributed by atoms with Gasteiger partial charge in [-0.1, -0.05) is 13.0 Å². The van der Waals surface area contributed by atoms with Gasteiger partial charge >= 0.3 is 12.1 Å². The molecule has 0 aliphatic heterocycles. The maximum atomic E-state index is 11.9. The van der Waals surface area contributed by atoms with Crippen LogP contribution >= 0.6 is 0 Å². The van der Waals surface area contributed by atoms with Crippen molar-refractivity contribution in [2.45, 2.75) is 37.9 Å². The Balaban J connectivity index is 1.97. The number of aliphatic hydroxyl groups is 1. The van der Waals surface area contributed by atoms with Crippen LogP contribution in [0, 0.1) is 16.0 Å². The van der Waals surface area contributed by atoms with E-state index in [2.05, 4.69) is 0 Å². The van der Waals surface area contributed by atoms with Gasteiger partial charge in [-0.25, -0.2) is 9.59 Å². The summed E-state index contributed by atoms with van der Waals surface area (Å²) in [5.41, 5.74) is -2.04. The average molecular weight is 365 g/mol. The molecule has 0 radical (unpaired) electrons. The highest BCUT2D eigenvalue weighted by molar-refractivity contribution is 5.77. The van der Waals surface area contributed by atoms with Crippen LogP contribution in [0.3, 0.4) is 0 Å². The molecule has 0 amide bonds. The number of carboxylic acids is 1. The third-order valence-electron chi connectivity index (χ3n) is 4.33. The van der Waals surface area contributed by atoms with E-state index in [1.54, 1.807) is 19.1 Å². The minimum absolute atomic E-state index is 0.0751. The minimum atomic E-state index is -1.89. The molecule has 3 atom stereocenters. The summed E-state index contributed by atoms with van der Waals surface area (Å²) in [7, 11) is 0. The van der Waals surface area contributed by atoms with Gasteiger partial charge in [0.05, 0.1) is 4.92 Å². The Labute approximate surface area is 149 Å². The summed E-state index contributed by atoms with van der Waals surface area (Å²) in [6, 6.07) is 4.90. The number of nitro groups is 1. The summed E-state index contributed by atoms with van der Waals surface area (Å²) in [6.07, 6.45) is 1.85. The lowest BCUT2D eigenvalue weighted by atomic mass is 9.80. The van der Waals surface area contributed by atoms with Crippen LogP contribution in [0.15, 0.2) is 36.4 Å². The zero-order valence-electron chi connectivity index (χ0n) is 14.0. The van der Waals surface area contributed by atoms with Crippen LogP contribution in [-0.4, -0.2) is 39.0 Å². The van der Waals surface area contributed by atoms with Gasteiger partial charge in [-0.2, -0.15) is 0 Å². The average Bonchev–Trinajstić information content (AvgIpc) is 2.58. The summed E-state index contributed by atoms with van der Waals surface area (Å²) < 4.78 is 10.1. The number of non-ortho nitro benzene ring substituents is 1. The predicted octanol–water partition coefficient (Wildman–Crippen LogP) is 2.67. The molecule has 2 N–H and O–H groups in total. The third-order valence-corrected chi connectivity index (χ3v) is 4.33. The Morgan fingerprint density at radius 2 is 1.96 bits per heavy atom. The van der Waals surface area contributed by atoms with Crippen molar-refractivity contribution in [3.8, 4) is 5.75 Å². The molecule has 2 rings (SSSR count). The first-order chi connectivity index (χ1) is 12.2. The fourth-order valence-corrected chi connectivity index (χ4v) is 2.63. The molecule has 0 fully saturated rings. The first-order valence-corrected chi connectivity index (χ1v) is 7.97. The predicted molar refractivity (Wildman–Crippen MR) is 88.7 cm³/mol. The Morgan fingerprint density at radius 3 is 2.54 bits per heavy atom. The first-order valence-electron chi connectivity index (χ1n) is 7.97. The van der Waals surface area contributed by atoms with Crippen molar-refractivity contribution >= 4 is 17.8 Å². The van der Waals surface area contributed by atoms with E-state index >= 15 is 0 Å². The highest BCUT2D eigenvalue weighted by Gasteiger charge is 2.42. The second kappa shape index (κ2) is 7.96. The molecule has 0 spiro atoms. The van der Waals surface area contributed by atoms with E-state index in [1.165, 1.54) is 24.3 Å². The maximum absolute atomic E-state index is 11.9. The van der Waals surface area contributed by atoms with E-state index in [-0.39, 0.29) is 24.3 Å². The molecule has 1 aliphatic rings. The molecule has 1 aromatic carbocycles. The summed E-state index contributed by atoms with van der Waals surface area (Å²) in [5, 5.41) is 30.2. The van der Waals surface area contributed by atoms with Crippen molar-refractivity contribution in [2.24, 2.45) is 5.92 Å². The largest absolute Gasteiger partial charge is 0.514 e. The zero-order valence-corrected chi connectivity index (χ0v) is 14.0. The normalized spacial score (nSPS) is 26.8. The molecule has 0 bridgehead atoms. The third kappa shape index (κ3) is 4.57. The minimum Gasteiger partial charge on any atom is -0.479 e. The van der Waals surface area contributed by atoms with E-state index < -0.39 is 34.7 Å². The summed E-state index contributed by atoms with van der Waals surface area (Å²) in [5.74, 6) is -1.72. The van der Waals surface area contributed by atoms with Crippen molar-refractivity contribution < 1.29 is 34.2 Å². The number of carbonyl (C=O) groups excluding carboxylic acids is 1. The lowest BCUT2D eigenvalue weighted by molar-refractivity contribution is -0.384. The summed E-state index contributed by atoms with van der Waals surface area (Å²) in [4.78, 5) is 33.2. The second-order valence-electron chi connectivity index (χ2n) is 6.09. The second-order valence-corrected chi connectivity index (χ2v) is 6.09. The maximum Gasteiger partial charge on any atom is 0.514 e. The first kappa shape index (κ1) is 19.4. The quantitative estimate of drug-likeness (QED) is 0.273. The van der Waals surface area contributed by atoms with Crippen molar-refractivity contribution in [3.05, 3.63) is 46.5 Å². The van der Waals surface area contributed by atoms with Gasteiger partial charge in [0.25, 0.3) is 5.69 Å². The molecule has 1 aromatic rings. The fourth-order valence-electron chi connectivity index (χ4n) is 2.63. The Morgan fingerprint density at radius 1 is 1.31 bits per heavy atom. The van der Waals surface area contributed by atoms with Gasteiger partial charge in [-0.05, 0) is 43.4 Å². The molecule has 0 saturated heterocycles. The molecule has 1 aliphatic carbocycles. The Hall–Kier alpha value is -2.94. The Bertz CT molecular complexity index is 714. The number of nitrogens with zero attached hydrogens (tertiary/aromatic N) is 1. The van der Waals surface area contributed by atoms with Crippen molar-refractivity contribution in [3.63, 3.8) is 0 Å². The number of nitro benzene ring substituents is 1. The summed E-state index contributed by atoms with van der Waals surface area (Å²) >= 11 is 0. The van der Waals surface area contributed by atoms with E-state index in [4.69, 9.17) is 9.47 Å². The van der Waals surface area contributed by atoms with Gasteiger partial charge in [-0.3, -0.25) is 10.1 Å². The van der Waals surface area contributed by atoms with Gasteiger partial charge in [0.2, 0.25) is 0 Å². The highest BCUT2D eigenvalue weighted by atomic mass is 16.7. The number of hydrogen-bond donors (Lipinski definition) is 2. The number of aliphatic carboxylic acids is 1. The standard InChI is InChI=1S/C17H19NO8/c1-11-3-2-4-13(9-10-17(11,22)15(19)20)25-16(21)26-14-7-5-12(6-8-14)18(23)24/h2,4-8,11,13,22H,3,9-10H2,1H3,(H,19,20)/b4-2+/t11?,13-,17-/m0/s1. The number of benzene rings is 1. The molecular formula is C17H19NO8. The molecule has 0 heterocycles. The Kier molecular flexibility index (Phi) is 5.93. The van der Waals surface area contributed by atoms with Crippen LogP contribution < -0.4 is 4.74 Å². The van der Waals surface area contributed by atoms with Crippen LogP contribution in [0.5, 0.6) is 5.75 Å². The van der Waals surface area contributed by atoms with E-state index in [9.17, 15) is 29.9 Å². The van der Waals surface area contributed by atoms with E-state index in [0.717, 1.165) is 0 Å². The van der Waals surface area contributed by atoms with Crippen molar-refractivity contribution in [1.29, 1.82) is 0 Å². The molecule has 1 unspecified atom stereocenters. The lowest BCUT2D eigenvalue weighted by Crippen LogP contribution is -2.46. The number of carboxylic acid groups (broad SMARTS) is 1. The number of rotatable bonds is 4. The number of allylic oxidation sites excluding steroid dienone is 1. The topological polar surface area (TPSA) is 136 Å². The molecule has 9 heteroatoms. The van der Waals surface area contributed by atoms with Gasteiger partial charge in [0.1, 0.15) is 11.9 Å². The molecule has 0 saturated carbocycles. The van der Waals surface area contributed by atoms with Crippen LogP contribution in [0.25, 0.3) is 0 Å². The van der Waals surface area contributed by atoms with Gasteiger partial charge < -0.3 is 19.7 Å². The van der Waals surface area contributed by atoms with Gasteiger partial charge in [0.15, 0.2) is 5.60 Å². The smallest absolute Gasteiger partial charge is 0.479 e. The number of carbonyl (C=O) groups is 2. The highest BCUT2D eigenvalue weighted by Crippen LogP contribution is 2.30. The molecular weight excluding hydrogens is 346 g/mol. The van der Waals surface area contributed by atoms with Crippen molar-refractivity contribution in [1.82, 2.24) is 0 Å². The van der Waals surface area contributed by atoms with Crippen molar-refractivity contribution in [2.75, 3.05) is 0 Å². The fraction of sp³-hybridized carbons (Fsp3) is 0.412. The molecule has 26 heavy (non-hydrogen) atoms. The molecule has 0 aromatic heterocycles. The van der Waals surface area contributed by atoms with Crippen LogP contribution in [0.4, 0.5) is 10.5 Å². The molecule has 140 valence electrons. The lowest BCUT2D eigenvalue weighted by Gasteiger charge is -2.32. The molecule has 9 nitrogen and oxygen atoms in total. The number of ether oxygens (including phenoxy) is 2.